The first kappa shape index (κ1) is 13.1. The minimum Gasteiger partial charge on any atom is -0.341 e. The summed E-state index contributed by atoms with van der Waals surface area (Å²) in [5.74, 6) is 0.828. The number of nitrogens with two attached hydrogens (primary N) is 1. The molecule has 3 rings (SSSR count). The van der Waals surface area contributed by atoms with E-state index in [1.807, 2.05) is 18.5 Å². The van der Waals surface area contributed by atoms with Gasteiger partial charge in [-0.05, 0) is 24.0 Å². The van der Waals surface area contributed by atoms with E-state index >= 15 is 0 Å². The van der Waals surface area contributed by atoms with Gasteiger partial charge in [-0.1, -0.05) is 30.3 Å². The van der Waals surface area contributed by atoms with Crippen LogP contribution in [0.15, 0.2) is 42.7 Å². The summed E-state index contributed by atoms with van der Waals surface area (Å²) in [6, 6.07) is 10.7. The Morgan fingerprint density at radius 2 is 1.65 bits per heavy atom. The van der Waals surface area contributed by atoms with Crippen LogP contribution >= 0.6 is 0 Å². The van der Waals surface area contributed by atoms with Gasteiger partial charge in [0, 0.05) is 37.9 Å². The van der Waals surface area contributed by atoms with Crippen LogP contribution in [0.5, 0.6) is 0 Å². The molecule has 1 aliphatic heterocycles. The fourth-order valence-corrected chi connectivity index (χ4v) is 2.53. The largest absolute Gasteiger partial charge is 0.341 e. The molecule has 1 saturated heterocycles. The Labute approximate surface area is 119 Å². The number of benzene rings is 1. The van der Waals surface area contributed by atoms with Gasteiger partial charge in [0.15, 0.2) is 0 Å². The van der Waals surface area contributed by atoms with Crippen molar-refractivity contribution < 1.29 is 0 Å². The lowest BCUT2D eigenvalue weighted by Crippen LogP contribution is -2.40. The molecular formula is C16H20N4. The van der Waals surface area contributed by atoms with Crippen molar-refractivity contribution in [3.63, 3.8) is 0 Å². The predicted octanol–water partition coefficient (Wildman–Crippen LogP) is 1.99. The SMILES string of the molecule is NC1CCN(c2ncc(Cc3ccccc3)cn2)CC1. The van der Waals surface area contributed by atoms with E-state index in [1.54, 1.807) is 0 Å². The number of hydrogen-bond acceptors (Lipinski definition) is 4. The monoisotopic (exact) mass is 268 g/mol. The maximum atomic E-state index is 5.92. The molecule has 4 nitrogen and oxygen atoms in total. The third-order valence-corrected chi connectivity index (χ3v) is 3.77. The molecule has 0 aliphatic carbocycles. The lowest BCUT2D eigenvalue weighted by molar-refractivity contribution is 0.495. The molecule has 0 atom stereocenters. The van der Waals surface area contributed by atoms with Crippen molar-refractivity contribution in [2.24, 2.45) is 5.73 Å². The van der Waals surface area contributed by atoms with E-state index in [2.05, 4.69) is 39.1 Å². The highest BCUT2D eigenvalue weighted by atomic mass is 15.2. The number of piperidine rings is 1. The summed E-state index contributed by atoms with van der Waals surface area (Å²) in [5, 5.41) is 0. The van der Waals surface area contributed by atoms with Crippen molar-refractivity contribution in [3.05, 3.63) is 53.9 Å². The summed E-state index contributed by atoms with van der Waals surface area (Å²) >= 11 is 0. The average molecular weight is 268 g/mol. The number of anilines is 1. The van der Waals surface area contributed by atoms with Gasteiger partial charge < -0.3 is 10.6 Å². The molecule has 4 heteroatoms. The second-order valence-corrected chi connectivity index (χ2v) is 5.38. The molecule has 20 heavy (non-hydrogen) atoms. The van der Waals surface area contributed by atoms with Gasteiger partial charge in [-0.15, -0.1) is 0 Å². The Hall–Kier alpha value is -1.94. The van der Waals surface area contributed by atoms with Crippen molar-refractivity contribution >= 4 is 5.95 Å². The van der Waals surface area contributed by atoms with Crippen molar-refractivity contribution in [1.29, 1.82) is 0 Å². The minimum atomic E-state index is 0.337. The Morgan fingerprint density at radius 3 is 2.30 bits per heavy atom. The van der Waals surface area contributed by atoms with Gasteiger partial charge in [0.05, 0.1) is 0 Å². The molecular weight excluding hydrogens is 248 g/mol. The first-order valence-electron chi connectivity index (χ1n) is 7.16. The van der Waals surface area contributed by atoms with E-state index in [1.165, 1.54) is 5.56 Å². The number of hydrogen-bond donors (Lipinski definition) is 1. The third-order valence-electron chi connectivity index (χ3n) is 3.77. The Balaban J connectivity index is 1.65. The van der Waals surface area contributed by atoms with Gasteiger partial charge in [0.25, 0.3) is 0 Å². The zero-order valence-corrected chi connectivity index (χ0v) is 11.6. The van der Waals surface area contributed by atoms with Crippen molar-refractivity contribution in [2.75, 3.05) is 18.0 Å². The smallest absolute Gasteiger partial charge is 0.225 e. The van der Waals surface area contributed by atoms with E-state index in [0.29, 0.717) is 6.04 Å². The van der Waals surface area contributed by atoms with E-state index in [0.717, 1.165) is 43.9 Å². The highest BCUT2D eigenvalue weighted by Gasteiger charge is 2.17. The fourth-order valence-electron chi connectivity index (χ4n) is 2.53. The number of aromatic nitrogens is 2. The Kier molecular flexibility index (Phi) is 3.92. The van der Waals surface area contributed by atoms with Gasteiger partial charge in [-0.25, -0.2) is 9.97 Å². The van der Waals surface area contributed by atoms with Crippen molar-refractivity contribution in [2.45, 2.75) is 25.3 Å². The van der Waals surface area contributed by atoms with E-state index in [-0.39, 0.29) is 0 Å². The Bertz CT molecular complexity index is 530. The average Bonchev–Trinajstić information content (AvgIpc) is 2.50. The molecule has 0 saturated carbocycles. The normalized spacial score (nSPS) is 16.4. The number of rotatable bonds is 3. The lowest BCUT2D eigenvalue weighted by Gasteiger charge is -2.30. The van der Waals surface area contributed by atoms with Crippen LogP contribution in [0.25, 0.3) is 0 Å². The van der Waals surface area contributed by atoms with Crippen LogP contribution in [0.1, 0.15) is 24.0 Å². The van der Waals surface area contributed by atoms with Crippen LogP contribution in [0.2, 0.25) is 0 Å². The van der Waals surface area contributed by atoms with E-state index < -0.39 is 0 Å². The highest BCUT2D eigenvalue weighted by molar-refractivity contribution is 5.32. The first-order chi connectivity index (χ1) is 9.81. The van der Waals surface area contributed by atoms with Crippen LogP contribution in [-0.2, 0) is 6.42 Å². The van der Waals surface area contributed by atoms with Gasteiger partial charge >= 0.3 is 0 Å². The molecule has 0 unspecified atom stereocenters. The van der Waals surface area contributed by atoms with Gasteiger partial charge in [0.2, 0.25) is 5.95 Å². The van der Waals surface area contributed by atoms with Gasteiger partial charge in [-0.3, -0.25) is 0 Å². The standard InChI is InChI=1S/C16H20N4/c17-15-6-8-20(9-7-15)16-18-11-14(12-19-16)10-13-4-2-1-3-5-13/h1-5,11-12,15H,6-10,17H2. The molecule has 0 amide bonds. The molecule has 2 aromatic rings. The molecule has 1 aromatic heterocycles. The second kappa shape index (κ2) is 6.01. The number of nitrogens with zero attached hydrogens (tertiary/aromatic N) is 3. The maximum absolute atomic E-state index is 5.92. The summed E-state index contributed by atoms with van der Waals surface area (Å²) in [6.45, 7) is 1.92. The zero-order chi connectivity index (χ0) is 13.8. The van der Waals surface area contributed by atoms with Crippen LogP contribution in [0.4, 0.5) is 5.95 Å². The van der Waals surface area contributed by atoms with Crippen molar-refractivity contribution in [1.82, 2.24) is 9.97 Å². The highest BCUT2D eigenvalue weighted by Crippen LogP contribution is 2.15. The predicted molar refractivity (Wildman–Crippen MR) is 80.7 cm³/mol. The molecule has 0 spiro atoms. The molecule has 1 fully saturated rings. The minimum absolute atomic E-state index is 0.337. The molecule has 2 N–H and O–H groups in total. The molecule has 0 radical (unpaired) electrons. The summed E-state index contributed by atoms with van der Waals surface area (Å²) in [5.41, 5.74) is 8.35. The van der Waals surface area contributed by atoms with Gasteiger partial charge in [0.1, 0.15) is 0 Å². The topological polar surface area (TPSA) is 55.0 Å². The molecule has 1 aromatic carbocycles. The summed E-state index contributed by atoms with van der Waals surface area (Å²) in [7, 11) is 0. The molecule has 0 bridgehead atoms. The fraction of sp³-hybridized carbons (Fsp3) is 0.375. The van der Waals surface area contributed by atoms with Crippen LogP contribution < -0.4 is 10.6 Å². The molecule has 1 aliphatic rings. The molecule has 2 heterocycles. The second-order valence-electron chi connectivity index (χ2n) is 5.38. The third kappa shape index (κ3) is 3.14. The van der Waals surface area contributed by atoms with Crippen molar-refractivity contribution in [3.8, 4) is 0 Å². The first-order valence-corrected chi connectivity index (χ1v) is 7.16. The maximum Gasteiger partial charge on any atom is 0.225 e. The Morgan fingerprint density at radius 1 is 1.00 bits per heavy atom. The quantitative estimate of drug-likeness (QED) is 0.925. The van der Waals surface area contributed by atoms with Gasteiger partial charge in [-0.2, -0.15) is 0 Å². The van der Waals surface area contributed by atoms with Crippen LogP contribution in [0, 0.1) is 0 Å². The summed E-state index contributed by atoms with van der Waals surface area (Å²) in [4.78, 5) is 11.2. The van der Waals surface area contributed by atoms with Crippen LogP contribution in [-0.4, -0.2) is 29.1 Å². The van der Waals surface area contributed by atoms with E-state index in [9.17, 15) is 0 Å². The molecule has 104 valence electrons. The summed E-state index contributed by atoms with van der Waals surface area (Å²) < 4.78 is 0. The van der Waals surface area contributed by atoms with Crippen LogP contribution in [0.3, 0.4) is 0 Å². The lowest BCUT2D eigenvalue weighted by atomic mass is 10.1. The zero-order valence-electron chi connectivity index (χ0n) is 11.6. The van der Waals surface area contributed by atoms with E-state index in [4.69, 9.17) is 5.73 Å². The summed E-state index contributed by atoms with van der Waals surface area (Å²) in [6.07, 6.45) is 6.80.